The molecule has 5 nitrogen and oxygen atoms in total. The van der Waals surface area contributed by atoms with Crippen molar-refractivity contribution in [3.05, 3.63) is 17.8 Å². The van der Waals surface area contributed by atoms with Gasteiger partial charge in [-0.3, -0.25) is 10.1 Å². The molecule has 1 heterocycles. The molecule has 1 amide bonds. The summed E-state index contributed by atoms with van der Waals surface area (Å²) in [7, 11) is 0. The third kappa shape index (κ3) is 5.29. The summed E-state index contributed by atoms with van der Waals surface area (Å²) in [5.74, 6) is 0.276. The Morgan fingerprint density at radius 2 is 2.11 bits per heavy atom. The molecule has 0 saturated carbocycles. The summed E-state index contributed by atoms with van der Waals surface area (Å²) in [6.07, 6.45) is -2.89. The Hall–Kier alpha value is -1.57. The SMILES string of the molecule is Cc1cnc(C(C)NC(C)C(=O)NCC(F)(F)F)o1. The summed E-state index contributed by atoms with van der Waals surface area (Å²) in [4.78, 5) is 15.4. The van der Waals surface area contributed by atoms with Crippen molar-refractivity contribution in [3.8, 4) is 0 Å². The summed E-state index contributed by atoms with van der Waals surface area (Å²) in [5, 5.41) is 4.62. The molecule has 108 valence electrons. The molecule has 1 rings (SSSR count). The van der Waals surface area contributed by atoms with Crippen LogP contribution in [0.25, 0.3) is 0 Å². The van der Waals surface area contributed by atoms with Crippen LogP contribution in [0.2, 0.25) is 0 Å². The first-order valence-electron chi connectivity index (χ1n) is 5.72. The summed E-state index contributed by atoms with van der Waals surface area (Å²) in [6, 6.07) is -1.16. The number of nitrogens with one attached hydrogen (secondary N) is 2. The maximum atomic E-state index is 11.9. The second-order valence-electron chi connectivity index (χ2n) is 4.25. The number of carbonyl (C=O) groups is 1. The van der Waals surface area contributed by atoms with Gasteiger partial charge in [-0.1, -0.05) is 0 Å². The highest BCUT2D eigenvalue weighted by molar-refractivity contribution is 5.81. The number of halogens is 3. The molecule has 0 bridgehead atoms. The van der Waals surface area contributed by atoms with E-state index in [2.05, 4.69) is 10.3 Å². The van der Waals surface area contributed by atoms with Gasteiger partial charge in [0.15, 0.2) is 0 Å². The van der Waals surface area contributed by atoms with Crippen molar-refractivity contribution in [1.29, 1.82) is 0 Å². The minimum Gasteiger partial charge on any atom is -0.444 e. The zero-order valence-corrected chi connectivity index (χ0v) is 10.8. The molecule has 0 aliphatic heterocycles. The van der Waals surface area contributed by atoms with Gasteiger partial charge >= 0.3 is 6.18 Å². The van der Waals surface area contributed by atoms with Crippen molar-refractivity contribution >= 4 is 5.91 Å². The number of alkyl halides is 3. The van der Waals surface area contributed by atoms with Gasteiger partial charge in [-0.25, -0.2) is 4.98 Å². The first kappa shape index (κ1) is 15.5. The zero-order valence-electron chi connectivity index (χ0n) is 10.8. The average Bonchev–Trinajstić information content (AvgIpc) is 2.71. The number of nitrogens with zero attached hydrogens (tertiary/aromatic N) is 1. The van der Waals surface area contributed by atoms with Crippen molar-refractivity contribution < 1.29 is 22.4 Å². The molecule has 0 saturated heterocycles. The van der Waals surface area contributed by atoms with Crippen molar-refractivity contribution in [3.63, 3.8) is 0 Å². The lowest BCUT2D eigenvalue weighted by atomic mass is 10.2. The largest absolute Gasteiger partial charge is 0.444 e. The van der Waals surface area contributed by atoms with E-state index in [0.29, 0.717) is 11.7 Å². The van der Waals surface area contributed by atoms with Gasteiger partial charge < -0.3 is 9.73 Å². The number of hydrogen-bond donors (Lipinski definition) is 2. The molecule has 1 aromatic rings. The second-order valence-corrected chi connectivity index (χ2v) is 4.25. The van der Waals surface area contributed by atoms with Crippen molar-refractivity contribution in [2.75, 3.05) is 6.54 Å². The predicted octanol–water partition coefficient (Wildman–Crippen LogP) is 1.70. The van der Waals surface area contributed by atoms with E-state index in [0.717, 1.165) is 0 Å². The minimum absolute atomic E-state index is 0.375. The second kappa shape index (κ2) is 6.05. The Bertz CT molecular complexity index is 431. The summed E-state index contributed by atoms with van der Waals surface area (Å²) < 4.78 is 41.1. The van der Waals surface area contributed by atoms with E-state index in [4.69, 9.17) is 4.42 Å². The topological polar surface area (TPSA) is 67.2 Å². The Kier molecular flexibility index (Phi) is 4.93. The van der Waals surface area contributed by atoms with Crippen LogP contribution in [-0.4, -0.2) is 29.7 Å². The molecule has 19 heavy (non-hydrogen) atoms. The van der Waals surface area contributed by atoms with Gasteiger partial charge in [-0.05, 0) is 20.8 Å². The lowest BCUT2D eigenvalue weighted by molar-refractivity contribution is -0.139. The molecule has 0 aliphatic carbocycles. The molecule has 8 heteroatoms. The Labute approximate surface area is 108 Å². The molecular formula is C11H16F3N3O2. The highest BCUT2D eigenvalue weighted by Gasteiger charge is 2.29. The molecule has 0 spiro atoms. The predicted molar refractivity (Wildman–Crippen MR) is 61.3 cm³/mol. The summed E-state index contributed by atoms with van der Waals surface area (Å²) in [6.45, 7) is 3.56. The average molecular weight is 279 g/mol. The molecule has 0 aliphatic rings. The lowest BCUT2D eigenvalue weighted by Crippen LogP contribution is -2.45. The molecule has 1 aromatic heterocycles. The van der Waals surface area contributed by atoms with Crippen LogP contribution in [0.15, 0.2) is 10.6 Å². The summed E-state index contributed by atoms with van der Waals surface area (Å²) in [5.41, 5.74) is 0. The third-order valence-corrected chi connectivity index (χ3v) is 2.37. The van der Waals surface area contributed by atoms with E-state index in [9.17, 15) is 18.0 Å². The van der Waals surface area contributed by atoms with Gasteiger partial charge in [0.2, 0.25) is 11.8 Å². The number of aryl methyl sites for hydroxylation is 1. The van der Waals surface area contributed by atoms with E-state index in [1.54, 1.807) is 19.2 Å². The first-order chi connectivity index (χ1) is 8.69. The lowest BCUT2D eigenvalue weighted by Gasteiger charge is -2.18. The molecule has 0 aromatic carbocycles. The quantitative estimate of drug-likeness (QED) is 0.861. The number of amides is 1. The molecular weight excluding hydrogens is 263 g/mol. The van der Waals surface area contributed by atoms with Gasteiger partial charge in [0.1, 0.15) is 12.3 Å². The molecule has 0 radical (unpaired) electrons. The summed E-state index contributed by atoms with van der Waals surface area (Å²) >= 11 is 0. The third-order valence-electron chi connectivity index (χ3n) is 2.37. The molecule has 2 atom stereocenters. The Morgan fingerprint density at radius 1 is 1.47 bits per heavy atom. The van der Waals surface area contributed by atoms with Crippen LogP contribution < -0.4 is 10.6 Å². The number of hydrogen-bond acceptors (Lipinski definition) is 4. The van der Waals surface area contributed by atoms with E-state index in [1.165, 1.54) is 13.1 Å². The smallest absolute Gasteiger partial charge is 0.405 e. The van der Waals surface area contributed by atoms with Crippen LogP contribution in [0.5, 0.6) is 0 Å². The van der Waals surface area contributed by atoms with Crippen molar-refractivity contribution in [1.82, 2.24) is 15.6 Å². The van der Waals surface area contributed by atoms with Gasteiger partial charge in [0, 0.05) is 0 Å². The van der Waals surface area contributed by atoms with Crippen LogP contribution in [0.4, 0.5) is 13.2 Å². The van der Waals surface area contributed by atoms with E-state index < -0.39 is 24.7 Å². The highest BCUT2D eigenvalue weighted by Crippen LogP contribution is 2.14. The van der Waals surface area contributed by atoms with Gasteiger partial charge in [0.05, 0.1) is 18.3 Å². The van der Waals surface area contributed by atoms with Crippen LogP contribution in [0, 0.1) is 6.92 Å². The fourth-order valence-electron chi connectivity index (χ4n) is 1.43. The van der Waals surface area contributed by atoms with E-state index in [1.807, 2.05) is 0 Å². The van der Waals surface area contributed by atoms with Crippen LogP contribution in [0.3, 0.4) is 0 Å². The Morgan fingerprint density at radius 3 is 2.58 bits per heavy atom. The molecule has 2 unspecified atom stereocenters. The maximum Gasteiger partial charge on any atom is 0.405 e. The standard InChI is InChI=1S/C11H16F3N3O2/c1-6-4-15-10(19-6)8(3)17-7(2)9(18)16-5-11(12,13)14/h4,7-8,17H,5H2,1-3H3,(H,16,18). The van der Waals surface area contributed by atoms with Crippen LogP contribution in [0.1, 0.15) is 31.5 Å². The van der Waals surface area contributed by atoms with Crippen LogP contribution >= 0.6 is 0 Å². The fourth-order valence-corrected chi connectivity index (χ4v) is 1.43. The maximum absolute atomic E-state index is 11.9. The van der Waals surface area contributed by atoms with Crippen LogP contribution in [-0.2, 0) is 4.79 Å². The molecule has 2 N–H and O–H groups in total. The first-order valence-corrected chi connectivity index (χ1v) is 5.72. The number of carbonyl (C=O) groups excluding carboxylic acids is 1. The fraction of sp³-hybridized carbons (Fsp3) is 0.636. The number of aromatic nitrogens is 1. The van der Waals surface area contributed by atoms with Gasteiger partial charge in [0.25, 0.3) is 0 Å². The zero-order chi connectivity index (χ0) is 14.6. The highest BCUT2D eigenvalue weighted by atomic mass is 19.4. The van der Waals surface area contributed by atoms with Gasteiger partial charge in [-0.15, -0.1) is 0 Å². The number of rotatable bonds is 5. The normalized spacial score (nSPS) is 15.1. The van der Waals surface area contributed by atoms with Crippen molar-refractivity contribution in [2.45, 2.75) is 39.0 Å². The van der Waals surface area contributed by atoms with Gasteiger partial charge in [-0.2, -0.15) is 13.2 Å². The molecule has 0 fully saturated rings. The monoisotopic (exact) mass is 279 g/mol. The Balaban J connectivity index is 2.45. The minimum atomic E-state index is -4.42. The number of oxazole rings is 1. The van der Waals surface area contributed by atoms with E-state index in [-0.39, 0.29) is 6.04 Å². The van der Waals surface area contributed by atoms with Crippen molar-refractivity contribution in [2.24, 2.45) is 0 Å². The van der Waals surface area contributed by atoms with E-state index >= 15 is 0 Å².